The highest BCUT2D eigenvalue weighted by Crippen LogP contribution is 2.27. The third kappa shape index (κ3) is 1.97. The minimum atomic E-state index is -0.0289. The zero-order chi connectivity index (χ0) is 15.3. The Bertz CT molecular complexity index is 881. The van der Waals surface area contributed by atoms with Gasteiger partial charge in [-0.3, -0.25) is 4.79 Å². The molecule has 0 unspecified atom stereocenters. The van der Waals surface area contributed by atoms with Gasteiger partial charge in [0.2, 0.25) is 0 Å². The zero-order valence-electron chi connectivity index (χ0n) is 12.1. The lowest BCUT2D eigenvalue weighted by Gasteiger charge is -2.25. The lowest BCUT2D eigenvalue weighted by molar-refractivity contribution is 0.0730. The summed E-state index contributed by atoms with van der Waals surface area (Å²) in [5.41, 5.74) is 8.97. The van der Waals surface area contributed by atoms with E-state index in [9.17, 15) is 4.79 Å². The molecule has 0 saturated carbocycles. The predicted molar refractivity (Wildman–Crippen MR) is 84.9 cm³/mol. The molecule has 2 N–H and O–H groups in total. The van der Waals surface area contributed by atoms with Crippen LogP contribution in [0.15, 0.2) is 24.4 Å². The van der Waals surface area contributed by atoms with Gasteiger partial charge in [-0.15, -0.1) is 11.3 Å². The number of fused-ring (bicyclic) bond motifs is 2. The van der Waals surface area contributed by atoms with Gasteiger partial charge in [-0.25, -0.2) is 9.97 Å². The number of carbonyl (C=O) groups is 1. The highest BCUT2D eigenvalue weighted by atomic mass is 32.1. The third-order valence-corrected chi connectivity index (χ3v) is 4.92. The van der Waals surface area contributed by atoms with E-state index in [-0.39, 0.29) is 5.91 Å². The Morgan fingerprint density at radius 2 is 2.23 bits per heavy atom. The van der Waals surface area contributed by atoms with Crippen LogP contribution in [-0.2, 0) is 13.0 Å². The number of carbonyl (C=O) groups excluding carboxylic acids is 1. The Morgan fingerprint density at radius 1 is 1.36 bits per heavy atom. The van der Waals surface area contributed by atoms with Crippen molar-refractivity contribution < 1.29 is 4.79 Å². The van der Waals surface area contributed by atoms with Crippen molar-refractivity contribution in [3.05, 3.63) is 46.4 Å². The van der Waals surface area contributed by atoms with Crippen LogP contribution in [0.4, 0.5) is 5.13 Å². The quantitative estimate of drug-likeness (QED) is 0.744. The fourth-order valence-electron chi connectivity index (χ4n) is 2.86. The predicted octanol–water partition coefficient (Wildman–Crippen LogP) is 1.88. The van der Waals surface area contributed by atoms with Gasteiger partial charge in [-0.2, -0.15) is 0 Å². The number of hydrogen-bond acceptors (Lipinski definition) is 5. The summed E-state index contributed by atoms with van der Waals surface area (Å²) in [4.78, 5) is 24.5. The molecule has 4 rings (SSSR count). The molecular formula is C15H15N5OS. The summed E-state index contributed by atoms with van der Waals surface area (Å²) in [5, 5.41) is 0.572. The lowest BCUT2D eigenvalue weighted by atomic mass is 10.1. The summed E-state index contributed by atoms with van der Waals surface area (Å²) < 4.78 is 1.94. The molecule has 0 saturated heterocycles. The fraction of sp³-hybridized carbons (Fsp3) is 0.267. The zero-order valence-corrected chi connectivity index (χ0v) is 12.9. The average Bonchev–Trinajstić information content (AvgIpc) is 3.05. The van der Waals surface area contributed by atoms with Gasteiger partial charge in [0.1, 0.15) is 11.3 Å². The lowest BCUT2D eigenvalue weighted by Crippen LogP contribution is -2.36. The number of anilines is 1. The van der Waals surface area contributed by atoms with E-state index in [0.29, 0.717) is 23.9 Å². The molecule has 0 spiro atoms. The molecule has 0 atom stereocenters. The number of nitrogens with two attached hydrogens (primary N) is 1. The molecule has 1 aliphatic heterocycles. The summed E-state index contributed by atoms with van der Waals surface area (Å²) in [6, 6.07) is 5.76. The van der Waals surface area contributed by atoms with Crippen LogP contribution < -0.4 is 5.73 Å². The molecule has 3 aromatic rings. The van der Waals surface area contributed by atoms with E-state index in [1.165, 1.54) is 11.3 Å². The van der Waals surface area contributed by atoms with Gasteiger partial charge in [-0.1, -0.05) is 6.07 Å². The van der Waals surface area contributed by atoms with Crippen LogP contribution in [0.25, 0.3) is 5.65 Å². The van der Waals surface area contributed by atoms with Crippen molar-refractivity contribution >= 4 is 28.0 Å². The molecule has 6 nitrogen and oxygen atoms in total. The number of aryl methyl sites for hydroxylation is 1. The number of amides is 1. The molecule has 4 heterocycles. The minimum absolute atomic E-state index is 0.0289. The number of aromatic nitrogens is 3. The standard InChI is InChI=1S/C15H15N5OS/c1-9-13(18-12-4-2-3-6-20(9)12)14(21)19-7-5-10-11(8-19)22-15(16)17-10/h2-4,6H,5,7-8H2,1H3,(H2,16,17). The van der Waals surface area contributed by atoms with E-state index < -0.39 is 0 Å². The summed E-state index contributed by atoms with van der Waals surface area (Å²) in [5.74, 6) is -0.0289. The average molecular weight is 313 g/mol. The first-order chi connectivity index (χ1) is 10.6. The molecule has 3 aromatic heterocycles. The Balaban J connectivity index is 1.68. The van der Waals surface area contributed by atoms with Crippen LogP contribution in [0.5, 0.6) is 0 Å². The fourth-order valence-corrected chi connectivity index (χ4v) is 3.75. The summed E-state index contributed by atoms with van der Waals surface area (Å²) in [6.45, 7) is 3.14. The van der Waals surface area contributed by atoms with Crippen LogP contribution in [0.3, 0.4) is 0 Å². The number of imidazole rings is 1. The van der Waals surface area contributed by atoms with E-state index in [1.807, 2.05) is 40.6 Å². The van der Waals surface area contributed by atoms with Crippen molar-refractivity contribution in [1.29, 1.82) is 0 Å². The molecule has 22 heavy (non-hydrogen) atoms. The number of nitrogen functional groups attached to an aromatic ring is 1. The van der Waals surface area contributed by atoms with Gasteiger partial charge in [0.25, 0.3) is 5.91 Å². The van der Waals surface area contributed by atoms with E-state index in [0.717, 1.165) is 28.3 Å². The second kappa shape index (κ2) is 4.81. The first kappa shape index (κ1) is 13.3. The summed E-state index contributed by atoms with van der Waals surface area (Å²) >= 11 is 1.46. The van der Waals surface area contributed by atoms with Crippen LogP contribution >= 0.6 is 11.3 Å². The maximum atomic E-state index is 12.8. The topological polar surface area (TPSA) is 76.5 Å². The minimum Gasteiger partial charge on any atom is -0.375 e. The molecular weight excluding hydrogens is 298 g/mol. The van der Waals surface area contributed by atoms with Crippen molar-refractivity contribution in [2.45, 2.75) is 19.9 Å². The monoisotopic (exact) mass is 313 g/mol. The van der Waals surface area contributed by atoms with Gasteiger partial charge in [0.05, 0.1) is 17.9 Å². The number of pyridine rings is 1. The van der Waals surface area contributed by atoms with Gasteiger partial charge in [-0.05, 0) is 19.1 Å². The molecule has 7 heteroatoms. The SMILES string of the molecule is Cc1c(C(=O)N2CCc3nc(N)sc3C2)nc2ccccn12. The van der Waals surface area contributed by atoms with Crippen molar-refractivity contribution in [3.8, 4) is 0 Å². The molecule has 112 valence electrons. The van der Waals surface area contributed by atoms with E-state index in [4.69, 9.17) is 5.73 Å². The van der Waals surface area contributed by atoms with Crippen molar-refractivity contribution in [3.63, 3.8) is 0 Å². The molecule has 0 fully saturated rings. The molecule has 0 radical (unpaired) electrons. The summed E-state index contributed by atoms with van der Waals surface area (Å²) in [7, 11) is 0. The van der Waals surface area contributed by atoms with Crippen molar-refractivity contribution in [2.24, 2.45) is 0 Å². The molecule has 1 amide bonds. The van der Waals surface area contributed by atoms with Crippen LogP contribution in [0.1, 0.15) is 26.8 Å². The van der Waals surface area contributed by atoms with E-state index >= 15 is 0 Å². The Hall–Kier alpha value is -2.41. The molecule has 1 aliphatic rings. The van der Waals surface area contributed by atoms with Crippen molar-refractivity contribution in [1.82, 2.24) is 19.3 Å². The Kier molecular flexibility index (Phi) is 2.90. The number of nitrogens with zero attached hydrogens (tertiary/aromatic N) is 4. The second-order valence-electron chi connectivity index (χ2n) is 5.37. The second-order valence-corrected chi connectivity index (χ2v) is 6.49. The summed E-state index contributed by atoms with van der Waals surface area (Å²) in [6.07, 6.45) is 2.67. The normalized spacial score (nSPS) is 14.3. The number of hydrogen-bond donors (Lipinski definition) is 1. The molecule has 0 bridgehead atoms. The van der Waals surface area contributed by atoms with E-state index in [1.54, 1.807) is 0 Å². The highest BCUT2D eigenvalue weighted by molar-refractivity contribution is 7.15. The maximum Gasteiger partial charge on any atom is 0.274 e. The third-order valence-electron chi connectivity index (χ3n) is 4.01. The van der Waals surface area contributed by atoms with Gasteiger partial charge in [0, 0.05) is 24.0 Å². The number of thiazole rings is 1. The van der Waals surface area contributed by atoms with Gasteiger partial charge < -0.3 is 15.0 Å². The van der Waals surface area contributed by atoms with Crippen LogP contribution in [0, 0.1) is 6.92 Å². The Labute approximate surface area is 131 Å². The van der Waals surface area contributed by atoms with Crippen LogP contribution in [-0.4, -0.2) is 31.7 Å². The van der Waals surface area contributed by atoms with Gasteiger partial charge >= 0.3 is 0 Å². The van der Waals surface area contributed by atoms with Crippen LogP contribution in [0.2, 0.25) is 0 Å². The van der Waals surface area contributed by atoms with E-state index in [2.05, 4.69) is 9.97 Å². The smallest absolute Gasteiger partial charge is 0.274 e. The Morgan fingerprint density at radius 3 is 3.05 bits per heavy atom. The largest absolute Gasteiger partial charge is 0.375 e. The maximum absolute atomic E-state index is 12.8. The van der Waals surface area contributed by atoms with Gasteiger partial charge in [0.15, 0.2) is 5.13 Å². The molecule has 0 aromatic carbocycles. The highest BCUT2D eigenvalue weighted by Gasteiger charge is 2.27. The first-order valence-corrected chi connectivity index (χ1v) is 7.92. The van der Waals surface area contributed by atoms with Crippen molar-refractivity contribution in [2.75, 3.05) is 12.3 Å². The number of rotatable bonds is 1. The first-order valence-electron chi connectivity index (χ1n) is 7.10. The molecule has 0 aliphatic carbocycles.